The maximum atomic E-state index is 13.8. The molecular weight excluding hydrogens is 241 g/mol. The summed E-state index contributed by atoms with van der Waals surface area (Å²) in [4.78, 5) is 0. The first kappa shape index (κ1) is 13.7. The molecule has 0 atom stereocenters. The summed E-state index contributed by atoms with van der Waals surface area (Å²) in [6.07, 6.45) is 3.54. The smallest absolute Gasteiger partial charge is 0.128 e. The first-order valence-electron chi connectivity index (χ1n) is 6.60. The number of halogens is 1. The van der Waals surface area contributed by atoms with E-state index in [9.17, 15) is 4.39 Å². The number of rotatable bonds is 6. The molecule has 0 saturated heterocycles. The van der Waals surface area contributed by atoms with Gasteiger partial charge in [0.05, 0.1) is 6.54 Å². The van der Waals surface area contributed by atoms with E-state index in [4.69, 9.17) is 0 Å². The second-order valence-electron chi connectivity index (χ2n) is 5.15. The van der Waals surface area contributed by atoms with Crippen molar-refractivity contribution in [3.05, 3.63) is 53.6 Å². The predicted molar refractivity (Wildman–Crippen MR) is 74.3 cm³/mol. The highest BCUT2D eigenvalue weighted by Crippen LogP contribution is 2.12. The second kappa shape index (κ2) is 6.48. The number of hydrogen-bond acceptors (Lipinski definition) is 2. The lowest BCUT2D eigenvalue weighted by Gasteiger charge is -2.10. The van der Waals surface area contributed by atoms with Gasteiger partial charge in [-0.1, -0.05) is 19.9 Å². The molecule has 0 aliphatic carbocycles. The van der Waals surface area contributed by atoms with Crippen LogP contribution in [0.25, 0.3) is 0 Å². The van der Waals surface area contributed by atoms with E-state index >= 15 is 0 Å². The molecule has 19 heavy (non-hydrogen) atoms. The minimum atomic E-state index is -0.178. The minimum absolute atomic E-state index is 0.178. The molecule has 1 aromatic carbocycles. The van der Waals surface area contributed by atoms with Crippen LogP contribution < -0.4 is 5.32 Å². The van der Waals surface area contributed by atoms with E-state index in [1.54, 1.807) is 10.9 Å². The molecule has 0 radical (unpaired) electrons. The summed E-state index contributed by atoms with van der Waals surface area (Å²) in [5.41, 5.74) is 1.77. The average Bonchev–Trinajstić information content (AvgIpc) is 2.85. The lowest BCUT2D eigenvalue weighted by Crippen LogP contribution is -2.19. The normalized spacial score (nSPS) is 11.2. The van der Waals surface area contributed by atoms with E-state index in [1.165, 1.54) is 6.07 Å². The quantitative estimate of drug-likeness (QED) is 0.866. The van der Waals surface area contributed by atoms with Crippen molar-refractivity contribution in [2.75, 3.05) is 6.54 Å². The summed E-state index contributed by atoms with van der Waals surface area (Å²) in [7, 11) is 0. The first-order valence-corrected chi connectivity index (χ1v) is 6.60. The van der Waals surface area contributed by atoms with Crippen LogP contribution in [-0.4, -0.2) is 16.3 Å². The molecule has 0 amide bonds. The van der Waals surface area contributed by atoms with E-state index in [0.29, 0.717) is 18.0 Å². The molecule has 2 rings (SSSR count). The molecule has 1 N–H and O–H groups in total. The van der Waals surface area contributed by atoms with E-state index in [-0.39, 0.29) is 5.82 Å². The lowest BCUT2D eigenvalue weighted by atomic mass is 10.1. The van der Waals surface area contributed by atoms with Gasteiger partial charge in [0.15, 0.2) is 0 Å². The molecule has 0 unspecified atom stereocenters. The fourth-order valence-electron chi connectivity index (χ4n) is 1.93. The summed E-state index contributed by atoms with van der Waals surface area (Å²) < 4.78 is 15.5. The second-order valence-corrected chi connectivity index (χ2v) is 5.15. The molecular formula is C15H20FN3. The van der Waals surface area contributed by atoms with E-state index in [2.05, 4.69) is 24.3 Å². The van der Waals surface area contributed by atoms with Crippen LogP contribution in [0.1, 0.15) is 25.0 Å². The molecule has 0 bridgehead atoms. The number of hydrogen-bond donors (Lipinski definition) is 1. The van der Waals surface area contributed by atoms with Crippen LogP contribution in [0.2, 0.25) is 0 Å². The molecule has 4 heteroatoms. The fourth-order valence-corrected chi connectivity index (χ4v) is 1.93. The van der Waals surface area contributed by atoms with E-state index in [0.717, 1.165) is 18.7 Å². The van der Waals surface area contributed by atoms with E-state index < -0.39 is 0 Å². The highest BCUT2D eigenvalue weighted by Gasteiger charge is 2.05. The standard InChI is InChI=1S/C15H20FN3/c1-12(2)9-17-10-13-4-5-15(16)14(8-13)11-19-7-3-6-18-19/h3-8,12,17H,9-11H2,1-2H3. The van der Waals surface area contributed by atoms with Crippen LogP contribution in [0.15, 0.2) is 36.7 Å². The SMILES string of the molecule is CC(C)CNCc1ccc(F)c(Cn2cccn2)c1. The Morgan fingerprint density at radius 3 is 2.89 bits per heavy atom. The summed E-state index contributed by atoms with van der Waals surface area (Å²) in [6.45, 7) is 6.54. The monoisotopic (exact) mass is 261 g/mol. The predicted octanol–water partition coefficient (Wildman–Crippen LogP) is 2.82. The van der Waals surface area contributed by atoms with Gasteiger partial charge in [0.25, 0.3) is 0 Å². The average molecular weight is 261 g/mol. The Balaban J connectivity index is 2.02. The molecule has 0 saturated carbocycles. The highest BCUT2D eigenvalue weighted by atomic mass is 19.1. The Morgan fingerprint density at radius 2 is 2.21 bits per heavy atom. The third-order valence-electron chi connectivity index (χ3n) is 2.88. The summed E-state index contributed by atoms with van der Waals surface area (Å²) >= 11 is 0. The Hall–Kier alpha value is -1.68. The van der Waals surface area contributed by atoms with Crippen LogP contribution in [0, 0.1) is 11.7 Å². The van der Waals surface area contributed by atoms with Crippen LogP contribution in [0.4, 0.5) is 4.39 Å². The van der Waals surface area contributed by atoms with Gasteiger partial charge in [0.1, 0.15) is 5.82 Å². The third-order valence-corrected chi connectivity index (χ3v) is 2.88. The first-order chi connectivity index (χ1) is 9.15. The summed E-state index contributed by atoms with van der Waals surface area (Å²) in [5, 5.41) is 7.46. The Labute approximate surface area is 113 Å². The molecule has 3 nitrogen and oxygen atoms in total. The molecule has 1 aromatic heterocycles. The molecule has 102 valence electrons. The topological polar surface area (TPSA) is 29.9 Å². The zero-order chi connectivity index (χ0) is 13.7. The number of aromatic nitrogens is 2. The molecule has 0 aliphatic rings. The van der Waals surface area contributed by atoms with Gasteiger partial charge >= 0.3 is 0 Å². The lowest BCUT2D eigenvalue weighted by molar-refractivity contribution is 0.549. The van der Waals surface area contributed by atoms with Gasteiger partial charge in [-0.05, 0) is 36.2 Å². The van der Waals surface area contributed by atoms with Crippen molar-refractivity contribution in [3.63, 3.8) is 0 Å². The number of benzene rings is 1. The molecule has 0 aliphatic heterocycles. The van der Waals surface area contributed by atoms with Crippen LogP contribution in [-0.2, 0) is 13.1 Å². The van der Waals surface area contributed by atoms with Gasteiger partial charge < -0.3 is 5.32 Å². The number of nitrogens with one attached hydrogen (secondary N) is 1. The number of nitrogens with zero attached hydrogens (tertiary/aromatic N) is 2. The Kier molecular flexibility index (Phi) is 4.68. The van der Waals surface area contributed by atoms with Gasteiger partial charge in [-0.2, -0.15) is 5.10 Å². The zero-order valence-electron chi connectivity index (χ0n) is 11.4. The van der Waals surface area contributed by atoms with Gasteiger partial charge in [0.2, 0.25) is 0 Å². The van der Waals surface area contributed by atoms with Crippen molar-refractivity contribution in [3.8, 4) is 0 Å². The van der Waals surface area contributed by atoms with Crippen LogP contribution >= 0.6 is 0 Å². The van der Waals surface area contributed by atoms with Gasteiger partial charge in [-0.25, -0.2) is 4.39 Å². The highest BCUT2D eigenvalue weighted by molar-refractivity contribution is 5.25. The molecule has 0 spiro atoms. The Morgan fingerprint density at radius 1 is 1.37 bits per heavy atom. The fraction of sp³-hybridized carbons (Fsp3) is 0.400. The molecule has 0 fully saturated rings. The maximum Gasteiger partial charge on any atom is 0.128 e. The van der Waals surface area contributed by atoms with Crippen molar-refractivity contribution >= 4 is 0 Å². The third kappa shape index (κ3) is 4.17. The van der Waals surface area contributed by atoms with Crippen molar-refractivity contribution < 1.29 is 4.39 Å². The van der Waals surface area contributed by atoms with Gasteiger partial charge in [-0.15, -0.1) is 0 Å². The summed E-state index contributed by atoms with van der Waals surface area (Å²) in [6, 6.07) is 7.11. The van der Waals surface area contributed by atoms with E-state index in [1.807, 2.05) is 24.4 Å². The van der Waals surface area contributed by atoms with Crippen molar-refractivity contribution in [1.82, 2.24) is 15.1 Å². The summed E-state index contributed by atoms with van der Waals surface area (Å²) in [5.74, 6) is 0.437. The Bertz CT molecular complexity index is 506. The van der Waals surface area contributed by atoms with Crippen LogP contribution in [0.3, 0.4) is 0 Å². The van der Waals surface area contributed by atoms with Gasteiger partial charge in [-0.3, -0.25) is 4.68 Å². The zero-order valence-corrected chi connectivity index (χ0v) is 11.4. The van der Waals surface area contributed by atoms with Crippen molar-refractivity contribution in [1.29, 1.82) is 0 Å². The van der Waals surface area contributed by atoms with Crippen molar-refractivity contribution in [2.24, 2.45) is 5.92 Å². The maximum absolute atomic E-state index is 13.8. The molecule has 2 aromatic rings. The van der Waals surface area contributed by atoms with Crippen LogP contribution in [0.5, 0.6) is 0 Å². The largest absolute Gasteiger partial charge is 0.312 e. The van der Waals surface area contributed by atoms with Crippen molar-refractivity contribution in [2.45, 2.75) is 26.9 Å². The minimum Gasteiger partial charge on any atom is -0.312 e. The van der Waals surface area contributed by atoms with Gasteiger partial charge in [0, 0.05) is 24.5 Å². The molecule has 1 heterocycles.